The van der Waals surface area contributed by atoms with E-state index in [2.05, 4.69) is 5.32 Å². The summed E-state index contributed by atoms with van der Waals surface area (Å²) in [5, 5.41) is 0.859. The van der Waals surface area contributed by atoms with Gasteiger partial charge in [-0.25, -0.2) is 0 Å². The minimum absolute atomic E-state index is 0.240. The summed E-state index contributed by atoms with van der Waals surface area (Å²) in [6.07, 6.45) is -4.52. The van der Waals surface area contributed by atoms with Crippen molar-refractivity contribution in [1.82, 2.24) is 5.32 Å². The Morgan fingerprint density at radius 2 is 1.94 bits per heavy atom. The summed E-state index contributed by atoms with van der Waals surface area (Å²) in [6, 6.07) is 4.74. The summed E-state index contributed by atoms with van der Waals surface area (Å²) < 4.78 is 37.8. The van der Waals surface area contributed by atoms with Crippen molar-refractivity contribution in [2.75, 3.05) is 7.05 Å². The summed E-state index contributed by atoms with van der Waals surface area (Å²) in [5.41, 5.74) is -1.13. The normalized spacial score (nSPS) is 13.3. The standard InChI is InChI=1S/C10H9ClF3NO/c1-15-9(16)8(11)6-4-2-3-5-7(6)10(12,13)14/h2-5,8H,1H3,(H,15,16). The topological polar surface area (TPSA) is 29.1 Å². The first-order valence-corrected chi connectivity index (χ1v) is 4.83. The van der Waals surface area contributed by atoms with E-state index in [1.807, 2.05) is 0 Å². The third kappa shape index (κ3) is 2.66. The molecule has 0 spiro atoms. The van der Waals surface area contributed by atoms with E-state index in [-0.39, 0.29) is 5.56 Å². The molecule has 16 heavy (non-hydrogen) atoms. The lowest BCUT2D eigenvalue weighted by atomic mass is 10.0. The van der Waals surface area contributed by atoms with Gasteiger partial charge in [-0.1, -0.05) is 18.2 Å². The number of nitrogens with one attached hydrogen (secondary N) is 1. The Morgan fingerprint density at radius 1 is 1.38 bits per heavy atom. The minimum Gasteiger partial charge on any atom is -0.358 e. The van der Waals surface area contributed by atoms with E-state index in [1.54, 1.807) is 0 Å². The van der Waals surface area contributed by atoms with Gasteiger partial charge in [-0.3, -0.25) is 4.79 Å². The van der Waals surface area contributed by atoms with E-state index >= 15 is 0 Å². The number of rotatable bonds is 2. The second kappa shape index (κ2) is 4.74. The fourth-order valence-electron chi connectivity index (χ4n) is 1.24. The van der Waals surface area contributed by atoms with Crippen molar-refractivity contribution < 1.29 is 18.0 Å². The van der Waals surface area contributed by atoms with Crippen LogP contribution in [0.3, 0.4) is 0 Å². The number of alkyl halides is 4. The van der Waals surface area contributed by atoms with Gasteiger partial charge in [0, 0.05) is 7.05 Å². The van der Waals surface area contributed by atoms with Crippen LogP contribution in [0.5, 0.6) is 0 Å². The second-order valence-electron chi connectivity index (χ2n) is 3.06. The number of carbonyl (C=O) groups is 1. The lowest BCUT2D eigenvalue weighted by molar-refractivity contribution is -0.138. The molecule has 0 aromatic heterocycles. The molecular weight excluding hydrogens is 243 g/mol. The summed E-state index contributed by atoms with van der Waals surface area (Å²) in [4.78, 5) is 11.2. The maximum absolute atomic E-state index is 12.6. The van der Waals surface area contributed by atoms with Gasteiger partial charge in [0.2, 0.25) is 5.91 Å². The predicted octanol–water partition coefficient (Wildman–Crippen LogP) is 2.73. The molecule has 0 radical (unpaired) electrons. The van der Waals surface area contributed by atoms with Crippen molar-refractivity contribution >= 4 is 17.5 Å². The lowest BCUT2D eigenvalue weighted by Crippen LogP contribution is -2.24. The molecule has 6 heteroatoms. The van der Waals surface area contributed by atoms with Crippen LogP contribution in [-0.4, -0.2) is 13.0 Å². The molecule has 0 aliphatic rings. The number of halogens is 4. The Hall–Kier alpha value is -1.23. The van der Waals surface area contributed by atoms with E-state index in [1.165, 1.54) is 25.2 Å². The van der Waals surface area contributed by atoms with Gasteiger partial charge in [0.05, 0.1) is 5.56 Å². The van der Waals surface area contributed by atoms with Crippen molar-refractivity contribution in [3.63, 3.8) is 0 Å². The molecule has 88 valence electrons. The van der Waals surface area contributed by atoms with Gasteiger partial charge in [0.25, 0.3) is 0 Å². The summed E-state index contributed by atoms with van der Waals surface area (Å²) in [7, 11) is 1.31. The maximum atomic E-state index is 12.6. The van der Waals surface area contributed by atoms with Crippen molar-refractivity contribution in [1.29, 1.82) is 0 Å². The van der Waals surface area contributed by atoms with Crippen molar-refractivity contribution in [2.45, 2.75) is 11.6 Å². The van der Waals surface area contributed by atoms with E-state index in [9.17, 15) is 18.0 Å². The number of hydrogen-bond donors (Lipinski definition) is 1. The first-order valence-electron chi connectivity index (χ1n) is 4.39. The van der Waals surface area contributed by atoms with Crippen molar-refractivity contribution in [3.8, 4) is 0 Å². The Balaban J connectivity index is 3.19. The van der Waals surface area contributed by atoms with Crippen LogP contribution in [0.25, 0.3) is 0 Å². The fraction of sp³-hybridized carbons (Fsp3) is 0.300. The molecule has 0 saturated heterocycles. The predicted molar refractivity (Wildman–Crippen MR) is 54.1 cm³/mol. The molecule has 1 aromatic rings. The second-order valence-corrected chi connectivity index (χ2v) is 3.50. The number of likely N-dealkylation sites (N-methyl/N-ethyl adjacent to an activating group) is 1. The highest BCUT2D eigenvalue weighted by molar-refractivity contribution is 6.30. The first-order chi connectivity index (χ1) is 7.38. The van der Waals surface area contributed by atoms with Gasteiger partial charge in [-0.15, -0.1) is 11.6 Å². The summed E-state index contributed by atoms with van der Waals surface area (Å²) in [6.45, 7) is 0. The molecule has 0 aliphatic heterocycles. The molecule has 1 unspecified atom stereocenters. The number of amides is 1. The van der Waals surface area contributed by atoms with Crippen molar-refractivity contribution in [2.24, 2.45) is 0 Å². The quantitative estimate of drug-likeness (QED) is 0.805. The molecule has 0 heterocycles. The van der Waals surface area contributed by atoms with Crippen molar-refractivity contribution in [3.05, 3.63) is 35.4 Å². The van der Waals surface area contributed by atoms with Crippen LogP contribution in [0.2, 0.25) is 0 Å². The Bertz CT molecular complexity index is 392. The van der Waals surface area contributed by atoms with Gasteiger partial charge in [-0.05, 0) is 11.6 Å². The Morgan fingerprint density at radius 3 is 2.44 bits per heavy atom. The van der Waals surface area contributed by atoms with Crippen LogP contribution in [0, 0.1) is 0 Å². The molecular formula is C10H9ClF3NO. The number of hydrogen-bond acceptors (Lipinski definition) is 1. The molecule has 1 N–H and O–H groups in total. The van der Waals surface area contributed by atoms with Crippen LogP contribution in [-0.2, 0) is 11.0 Å². The van der Waals surface area contributed by atoms with Gasteiger partial charge < -0.3 is 5.32 Å². The molecule has 1 atom stereocenters. The van der Waals surface area contributed by atoms with E-state index in [0.717, 1.165) is 6.07 Å². The lowest BCUT2D eigenvalue weighted by Gasteiger charge is -2.15. The molecule has 1 amide bonds. The number of benzene rings is 1. The average molecular weight is 252 g/mol. The fourth-order valence-corrected chi connectivity index (χ4v) is 1.54. The van der Waals surface area contributed by atoms with Gasteiger partial charge >= 0.3 is 6.18 Å². The molecule has 0 saturated carbocycles. The molecule has 2 nitrogen and oxygen atoms in total. The number of carbonyl (C=O) groups excluding carboxylic acids is 1. The van der Waals surface area contributed by atoms with Crippen LogP contribution >= 0.6 is 11.6 Å². The Labute approximate surface area is 95.4 Å². The maximum Gasteiger partial charge on any atom is 0.416 e. The zero-order chi connectivity index (χ0) is 12.3. The zero-order valence-electron chi connectivity index (χ0n) is 8.31. The van der Waals surface area contributed by atoms with E-state index in [0.29, 0.717) is 0 Å². The third-order valence-electron chi connectivity index (χ3n) is 2.02. The summed E-state index contributed by atoms with van der Waals surface area (Å²) in [5.74, 6) is -0.668. The highest BCUT2D eigenvalue weighted by Gasteiger charge is 2.35. The third-order valence-corrected chi connectivity index (χ3v) is 2.45. The molecule has 0 fully saturated rings. The van der Waals surface area contributed by atoms with Gasteiger partial charge in [0.1, 0.15) is 5.38 Å². The minimum atomic E-state index is -4.52. The SMILES string of the molecule is CNC(=O)C(Cl)c1ccccc1C(F)(F)F. The average Bonchev–Trinajstić information content (AvgIpc) is 2.26. The molecule has 1 rings (SSSR count). The van der Waals surface area contributed by atoms with E-state index < -0.39 is 23.0 Å². The van der Waals surface area contributed by atoms with E-state index in [4.69, 9.17) is 11.6 Å². The van der Waals surface area contributed by atoms with Crippen LogP contribution in [0.4, 0.5) is 13.2 Å². The first kappa shape index (κ1) is 12.8. The smallest absolute Gasteiger partial charge is 0.358 e. The monoisotopic (exact) mass is 251 g/mol. The highest BCUT2D eigenvalue weighted by Crippen LogP contribution is 2.36. The molecule has 0 bridgehead atoms. The zero-order valence-corrected chi connectivity index (χ0v) is 9.06. The van der Waals surface area contributed by atoms with Gasteiger partial charge in [0.15, 0.2) is 0 Å². The molecule has 0 aliphatic carbocycles. The summed E-state index contributed by atoms with van der Waals surface area (Å²) >= 11 is 5.66. The van der Waals surface area contributed by atoms with Crippen LogP contribution in [0.1, 0.15) is 16.5 Å². The van der Waals surface area contributed by atoms with Gasteiger partial charge in [-0.2, -0.15) is 13.2 Å². The van der Waals surface area contributed by atoms with Crippen LogP contribution in [0.15, 0.2) is 24.3 Å². The van der Waals surface area contributed by atoms with Crippen LogP contribution < -0.4 is 5.32 Å². The molecule has 1 aromatic carbocycles. The highest BCUT2D eigenvalue weighted by atomic mass is 35.5. The largest absolute Gasteiger partial charge is 0.416 e. The Kier molecular flexibility index (Phi) is 3.80.